The predicted octanol–water partition coefficient (Wildman–Crippen LogP) is 3.10. The van der Waals surface area contributed by atoms with Gasteiger partial charge in [-0.25, -0.2) is 0 Å². The third-order valence-corrected chi connectivity index (χ3v) is 6.19. The third-order valence-electron chi connectivity index (χ3n) is 5.95. The summed E-state index contributed by atoms with van der Waals surface area (Å²) in [5, 5.41) is 1.93. The zero-order valence-electron chi connectivity index (χ0n) is 16.0. The van der Waals surface area contributed by atoms with Crippen molar-refractivity contribution in [2.75, 3.05) is 45.9 Å². The van der Waals surface area contributed by atoms with E-state index in [1.54, 1.807) is 0 Å². The lowest BCUT2D eigenvalue weighted by Gasteiger charge is -2.26. The van der Waals surface area contributed by atoms with E-state index in [2.05, 4.69) is 28.5 Å². The van der Waals surface area contributed by atoms with Gasteiger partial charge in [-0.1, -0.05) is 11.6 Å². The van der Waals surface area contributed by atoms with Gasteiger partial charge in [-0.05, 0) is 49.9 Å². The number of hydrogen-bond acceptors (Lipinski definition) is 3. The number of likely N-dealkylation sites (tertiary alicyclic amines) is 1. The lowest BCUT2D eigenvalue weighted by atomic mass is 10.1. The number of hydrogen-bond donors (Lipinski definition) is 0. The Morgan fingerprint density at radius 2 is 1.89 bits per heavy atom. The molecule has 6 heteroatoms. The first kappa shape index (κ1) is 18.8. The van der Waals surface area contributed by atoms with Gasteiger partial charge in [-0.15, -0.1) is 0 Å². The molecular formula is C21H28ClN3O2. The van der Waals surface area contributed by atoms with Gasteiger partial charge in [0.25, 0.3) is 0 Å². The molecule has 2 aliphatic rings. The fourth-order valence-electron chi connectivity index (χ4n) is 4.34. The van der Waals surface area contributed by atoms with Crippen molar-refractivity contribution in [1.29, 1.82) is 0 Å². The summed E-state index contributed by atoms with van der Waals surface area (Å²) in [6, 6.07) is 6.03. The fourth-order valence-corrected chi connectivity index (χ4v) is 4.51. The van der Waals surface area contributed by atoms with Gasteiger partial charge in [0.1, 0.15) is 6.54 Å². The van der Waals surface area contributed by atoms with Crippen molar-refractivity contribution in [1.82, 2.24) is 14.4 Å². The second-order valence-electron chi connectivity index (χ2n) is 7.60. The molecule has 2 fully saturated rings. The number of nitrogens with zero attached hydrogens (tertiary/aromatic N) is 3. The van der Waals surface area contributed by atoms with Gasteiger partial charge >= 0.3 is 0 Å². The van der Waals surface area contributed by atoms with E-state index in [0.29, 0.717) is 6.54 Å². The molecule has 27 heavy (non-hydrogen) atoms. The van der Waals surface area contributed by atoms with Crippen LogP contribution < -0.4 is 0 Å². The van der Waals surface area contributed by atoms with Crippen molar-refractivity contribution in [2.45, 2.75) is 32.7 Å². The van der Waals surface area contributed by atoms with Crippen LogP contribution in [0.5, 0.6) is 0 Å². The standard InChI is InChI=1S/C21H28ClN3O2/c1-16-18(6-9-23-10-12-27-13-11-23)19-14-17(22)4-5-20(19)25(16)15-21(26)24-7-2-3-8-24/h4-5,14H,2-3,6-13,15H2,1H3. The minimum atomic E-state index is 0.224. The van der Waals surface area contributed by atoms with Crippen LogP contribution in [0.3, 0.4) is 0 Å². The van der Waals surface area contributed by atoms with E-state index < -0.39 is 0 Å². The molecule has 0 radical (unpaired) electrons. The van der Waals surface area contributed by atoms with E-state index in [4.69, 9.17) is 16.3 Å². The molecular weight excluding hydrogens is 362 g/mol. The Morgan fingerprint density at radius 1 is 1.15 bits per heavy atom. The van der Waals surface area contributed by atoms with E-state index in [1.807, 2.05) is 11.0 Å². The molecule has 1 aromatic carbocycles. The highest BCUT2D eigenvalue weighted by Gasteiger charge is 2.22. The van der Waals surface area contributed by atoms with Crippen LogP contribution in [0.15, 0.2) is 18.2 Å². The Labute approximate surface area is 165 Å². The summed E-state index contributed by atoms with van der Waals surface area (Å²) in [4.78, 5) is 17.2. The largest absolute Gasteiger partial charge is 0.379 e. The van der Waals surface area contributed by atoms with Gasteiger partial charge in [0.15, 0.2) is 0 Å². The highest BCUT2D eigenvalue weighted by atomic mass is 35.5. The van der Waals surface area contributed by atoms with Crippen LogP contribution in [0.4, 0.5) is 0 Å². The molecule has 2 aliphatic heterocycles. The lowest BCUT2D eigenvalue weighted by Crippen LogP contribution is -2.37. The maximum Gasteiger partial charge on any atom is 0.242 e. The Kier molecular flexibility index (Phi) is 5.71. The van der Waals surface area contributed by atoms with E-state index in [9.17, 15) is 4.79 Å². The van der Waals surface area contributed by atoms with E-state index >= 15 is 0 Å². The van der Waals surface area contributed by atoms with E-state index in [0.717, 1.165) is 75.7 Å². The van der Waals surface area contributed by atoms with Crippen molar-refractivity contribution >= 4 is 28.4 Å². The maximum absolute atomic E-state index is 12.7. The van der Waals surface area contributed by atoms with Crippen molar-refractivity contribution in [3.8, 4) is 0 Å². The second kappa shape index (κ2) is 8.21. The molecule has 146 valence electrons. The summed E-state index contributed by atoms with van der Waals surface area (Å²) >= 11 is 6.30. The molecule has 0 bridgehead atoms. The molecule has 1 amide bonds. The number of carbonyl (C=O) groups excluding carboxylic acids is 1. The van der Waals surface area contributed by atoms with Crippen molar-refractivity contribution in [3.05, 3.63) is 34.5 Å². The molecule has 5 nitrogen and oxygen atoms in total. The Bertz CT molecular complexity index is 820. The molecule has 0 unspecified atom stereocenters. The number of carbonyl (C=O) groups is 1. The van der Waals surface area contributed by atoms with Gasteiger partial charge < -0.3 is 14.2 Å². The number of aromatic nitrogens is 1. The topological polar surface area (TPSA) is 37.7 Å². The van der Waals surface area contributed by atoms with Gasteiger partial charge in [0.2, 0.25) is 5.91 Å². The molecule has 2 aromatic rings. The van der Waals surface area contributed by atoms with E-state index in [-0.39, 0.29) is 5.91 Å². The van der Waals surface area contributed by atoms with Crippen LogP contribution in [-0.2, 0) is 22.5 Å². The Balaban J connectivity index is 1.60. The average molecular weight is 390 g/mol. The minimum absolute atomic E-state index is 0.224. The normalized spacial score (nSPS) is 18.5. The summed E-state index contributed by atoms with van der Waals surface area (Å²) in [5.41, 5.74) is 3.61. The smallest absolute Gasteiger partial charge is 0.242 e. The molecule has 0 atom stereocenters. The van der Waals surface area contributed by atoms with Crippen molar-refractivity contribution in [2.24, 2.45) is 0 Å². The van der Waals surface area contributed by atoms with Gasteiger partial charge in [-0.2, -0.15) is 0 Å². The first-order valence-electron chi connectivity index (χ1n) is 9.98. The Morgan fingerprint density at radius 3 is 2.63 bits per heavy atom. The maximum atomic E-state index is 12.7. The zero-order valence-corrected chi connectivity index (χ0v) is 16.8. The van der Waals surface area contributed by atoms with Crippen molar-refractivity contribution in [3.63, 3.8) is 0 Å². The summed E-state index contributed by atoms with van der Waals surface area (Å²) in [6.07, 6.45) is 3.21. The molecule has 0 saturated carbocycles. The number of ether oxygens (including phenoxy) is 1. The number of rotatable bonds is 5. The quantitative estimate of drug-likeness (QED) is 0.788. The highest BCUT2D eigenvalue weighted by molar-refractivity contribution is 6.31. The summed E-state index contributed by atoms with van der Waals surface area (Å²) in [6.45, 7) is 8.97. The molecule has 3 heterocycles. The fraction of sp³-hybridized carbons (Fsp3) is 0.571. The first-order valence-corrected chi connectivity index (χ1v) is 10.4. The minimum Gasteiger partial charge on any atom is -0.379 e. The zero-order chi connectivity index (χ0) is 18.8. The molecule has 0 spiro atoms. The average Bonchev–Trinajstić information content (AvgIpc) is 3.29. The van der Waals surface area contributed by atoms with Crippen LogP contribution in [0, 0.1) is 6.92 Å². The summed E-state index contributed by atoms with van der Waals surface area (Å²) < 4.78 is 7.63. The SMILES string of the molecule is Cc1c(CCN2CCOCC2)c2cc(Cl)ccc2n1CC(=O)N1CCCC1. The van der Waals surface area contributed by atoms with Crippen LogP contribution in [0.25, 0.3) is 10.9 Å². The predicted molar refractivity (Wildman–Crippen MR) is 108 cm³/mol. The molecule has 0 N–H and O–H groups in total. The number of amides is 1. The highest BCUT2D eigenvalue weighted by Crippen LogP contribution is 2.29. The first-order chi connectivity index (χ1) is 13.1. The molecule has 0 aliphatic carbocycles. The van der Waals surface area contributed by atoms with Crippen LogP contribution >= 0.6 is 11.6 Å². The van der Waals surface area contributed by atoms with Gasteiger partial charge in [0.05, 0.1) is 13.2 Å². The monoisotopic (exact) mass is 389 g/mol. The molecule has 4 rings (SSSR count). The Hall–Kier alpha value is -1.56. The van der Waals surface area contributed by atoms with Crippen LogP contribution in [-0.4, -0.2) is 66.2 Å². The van der Waals surface area contributed by atoms with Crippen molar-refractivity contribution < 1.29 is 9.53 Å². The van der Waals surface area contributed by atoms with Gasteiger partial charge in [-0.3, -0.25) is 9.69 Å². The molecule has 2 saturated heterocycles. The summed E-state index contributed by atoms with van der Waals surface area (Å²) in [5.74, 6) is 0.224. The van der Waals surface area contributed by atoms with Crippen LogP contribution in [0.1, 0.15) is 24.1 Å². The van der Waals surface area contributed by atoms with Crippen LogP contribution in [0.2, 0.25) is 5.02 Å². The second-order valence-corrected chi connectivity index (χ2v) is 8.04. The van der Waals surface area contributed by atoms with E-state index in [1.165, 1.54) is 16.6 Å². The number of fused-ring (bicyclic) bond motifs is 1. The number of morpholine rings is 1. The number of benzene rings is 1. The van der Waals surface area contributed by atoms with Gasteiger partial charge in [0, 0.05) is 54.3 Å². The number of halogens is 1. The summed E-state index contributed by atoms with van der Waals surface area (Å²) in [7, 11) is 0. The lowest BCUT2D eigenvalue weighted by molar-refractivity contribution is -0.130. The molecule has 1 aromatic heterocycles. The third kappa shape index (κ3) is 4.00.